The van der Waals surface area contributed by atoms with Crippen molar-refractivity contribution in [2.45, 2.75) is 19.3 Å². The second-order valence-corrected chi connectivity index (χ2v) is 5.61. The Morgan fingerprint density at radius 2 is 1.96 bits per heavy atom. The van der Waals surface area contributed by atoms with Gasteiger partial charge in [-0.25, -0.2) is 8.78 Å². The van der Waals surface area contributed by atoms with Crippen LogP contribution in [0.25, 0.3) is 0 Å². The smallest absolute Gasteiger partial charge is 0.340 e. The highest BCUT2D eigenvalue weighted by Crippen LogP contribution is 2.31. The minimum atomic E-state index is -4.46. The zero-order chi connectivity index (χ0) is 20.2. The van der Waals surface area contributed by atoms with Crippen molar-refractivity contribution in [2.24, 2.45) is 0 Å². The monoisotopic (exact) mass is 386 g/mol. The normalized spacial score (nSPS) is 11.3. The number of carbonyl (C=O) groups excluding carboxylic acids is 1. The van der Waals surface area contributed by atoms with Gasteiger partial charge in [0.25, 0.3) is 5.91 Å². The lowest BCUT2D eigenvalue weighted by Crippen LogP contribution is -2.33. The summed E-state index contributed by atoms with van der Waals surface area (Å²) in [5.41, 5.74) is 0.412. The highest BCUT2D eigenvalue weighted by molar-refractivity contribution is 6.04. The van der Waals surface area contributed by atoms with E-state index in [1.54, 1.807) is 18.2 Å². The van der Waals surface area contributed by atoms with Crippen molar-refractivity contribution >= 4 is 17.3 Å². The third-order valence-corrected chi connectivity index (χ3v) is 3.43. The van der Waals surface area contributed by atoms with Gasteiger partial charge in [0.2, 0.25) is 0 Å². The van der Waals surface area contributed by atoms with Crippen LogP contribution in [-0.4, -0.2) is 29.8 Å². The molecule has 0 heterocycles. The van der Waals surface area contributed by atoms with Crippen LogP contribution in [0.15, 0.2) is 42.5 Å². The van der Waals surface area contributed by atoms with Gasteiger partial charge >= 0.3 is 18.0 Å². The van der Waals surface area contributed by atoms with E-state index in [-0.39, 0.29) is 5.56 Å². The third kappa shape index (κ3) is 5.16. The lowest BCUT2D eigenvalue weighted by molar-refractivity contribution is -0.386. The molecule has 0 aliphatic carbocycles. The average molecular weight is 386 g/mol. The zero-order valence-electron chi connectivity index (χ0n) is 13.9. The maximum Gasteiger partial charge on any atom is 0.340 e. The summed E-state index contributed by atoms with van der Waals surface area (Å²) in [5.74, 6) is -5.78. The number of nitrogens with one attached hydrogen (secondary N) is 1. The van der Waals surface area contributed by atoms with Crippen LogP contribution in [0.5, 0.6) is 5.75 Å². The van der Waals surface area contributed by atoms with E-state index in [4.69, 9.17) is 0 Å². The molecule has 27 heavy (non-hydrogen) atoms. The van der Waals surface area contributed by atoms with Crippen LogP contribution in [0.2, 0.25) is 0 Å². The number of alkyl halides is 4. The maximum atomic E-state index is 12.9. The Balaban J connectivity index is 2.21. The first-order chi connectivity index (χ1) is 12.6. The number of halogens is 4. The molecule has 0 saturated carbocycles. The number of hydrogen-bond donors (Lipinski definition) is 1. The van der Waals surface area contributed by atoms with Crippen LogP contribution >= 0.6 is 0 Å². The molecular weight excluding hydrogens is 372 g/mol. The predicted octanol–water partition coefficient (Wildman–Crippen LogP) is 4.43. The summed E-state index contributed by atoms with van der Waals surface area (Å²) in [7, 11) is 0. The SMILES string of the molecule is Cc1cccc(NC(=O)c2ccc(OCC(F)(F)C(F)F)c([N+](=O)[O-])c2)c1. The molecule has 144 valence electrons. The summed E-state index contributed by atoms with van der Waals surface area (Å²) in [4.78, 5) is 22.4. The molecule has 2 rings (SSSR count). The molecule has 1 N–H and O–H groups in total. The van der Waals surface area contributed by atoms with Crippen LogP contribution in [-0.2, 0) is 0 Å². The molecule has 0 saturated heterocycles. The average Bonchev–Trinajstić information content (AvgIpc) is 2.59. The van der Waals surface area contributed by atoms with Crippen molar-refractivity contribution in [2.75, 3.05) is 11.9 Å². The Morgan fingerprint density at radius 1 is 1.26 bits per heavy atom. The molecule has 0 aliphatic rings. The fourth-order valence-electron chi connectivity index (χ4n) is 2.09. The lowest BCUT2D eigenvalue weighted by Gasteiger charge is -2.16. The quantitative estimate of drug-likeness (QED) is 0.434. The van der Waals surface area contributed by atoms with E-state index in [2.05, 4.69) is 10.1 Å². The molecule has 0 unspecified atom stereocenters. The van der Waals surface area contributed by atoms with Gasteiger partial charge in [-0.3, -0.25) is 14.9 Å². The Bertz CT molecular complexity index is 859. The number of rotatable bonds is 7. The Morgan fingerprint density at radius 3 is 2.56 bits per heavy atom. The topological polar surface area (TPSA) is 81.5 Å². The Labute approximate surface area is 150 Å². The van der Waals surface area contributed by atoms with Crippen molar-refractivity contribution in [3.63, 3.8) is 0 Å². The van der Waals surface area contributed by atoms with Crippen LogP contribution < -0.4 is 10.1 Å². The van der Waals surface area contributed by atoms with Crippen molar-refractivity contribution in [1.82, 2.24) is 0 Å². The zero-order valence-corrected chi connectivity index (χ0v) is 13.9. The Hall–Kier alpha value is -3.17. The molecule has 6 nitrogen and oxygen atoms in total. The molecule has 0 bridgehead atoms. The van der Waals surface area contributed by atoms with Gasteiger partial charge in [-0.1, -0.05) is 12.1 Å². The number of benzene rings is 2. The number of ether oxygens (including phenoxy) is 1. The number of aryl methyl sites for hydroxylation is 1. The van der Waals surface area contributed by atoms with Crippen molar-refractivity contribution in [1.29, 1.82) is 0 Å². The minimum Gasteiger partial charge on any atom is -0.480 e. The summed E-state index contributed by atoms with van der Waals surface area (Å²) < 4.78 is 54.7. The first-order valence-electron chi connectivity index (χ1n) is 7.55. The van der Waals surface area contributed by atoms with E-state index in [1.165, 1.54) is 0 Å². The van der Waals surface area contributed by atoms with E-state index in [0.717, 1.165) is 23.8 Å². The summed E-state index contributed by atoms with van der Waals surface area (Å²) in [6, 6.07) is 9.63. The summed E-state index contributed by atoms with van der Waals surface area (Å²) >= 11 is 0. The van der Waals surface area contributed by atoms with E-state index >= 15 is 0 Å². The van der Waals surface area contributed by atoms with Gasteiger partial charge in [0.1, 0.15) is 0 Å². The number of nitro benzene ring substituents is 1. The number of nitrogens with zero attached hydrogens (tertiary/aromatic N) is 1. The second-order valence-electron chi connectivity index (χ2n) is 5.61. The van der Waals surface area contributed by atoms with Gasteiger partial charge in [0, 0.05) is 17.3 Å². The minimum absolute atomic E-state index is 0.129. The fraction of sp³-hybridized carbons (Fsp3) is 0.235. The Kier molecular flexibility index (Phi) is 5.98. The molecule has 0 spiro atoms. The van der Waals surface area contributed by atoms with Crippen LogP contribution in [0.3, 0.4) is 0 Å². The van der Waals surface area contributed by atoms with Gasteiger partial charge in [0.15, 0.2) is 12.4 Å². The third-order valence-electron chi connectivity index (χ3n) is 3.43. The molecular formula is C17H14F4N2O4. The van der Waals surface area contributed by atoms with Gasteiger partial charge in [0.05, 0.1) is 4.92 Å². The molecule has 0 fully saturated rings. The second kappa shape index (κ2) is 8.02. The first kappa shape index (κ1) is 20.1. The fourth-order valence-corrected chi connectivity index (χ4v) is 2.09. The first-order valence-corrected chi connectivity index (χ1v) is 7.55. The van der Waals surface area contributed by atoms with Crippen LogP contribution in [0.4, 0.5) is 28.9 Å². The highest BCUT2D eigenvalue weighted by Gasteiger charge is 2.42. The van der Waals surface area contributed by atoms with Gasteiger partial charge < -0.3 is 10.1 Å². The lowest BCUT2D eigenvalue weighted by atomic mass is 10.1. The number of amides is 1. The number of carbonyl (C=O) groups is 1. The number of nitro groups is 1. The highest BCUT2D eigenvalue weighted by atomic mass is 19.3. The summed E-state index contributed by atoms with van der Waals surface area (Å²) in [6.45, 7) is 0.0716. The predicted molar refractivity (Wildman–Crippen MR) is 88.7 cm³/mol. The molecule has 2 aromatic carbocycles. The van der Waals surface area contributed by atoms with E-state index in [9.17, 15) is 32.5 Å². The van der Waals surface area contributed by atoms with Crippen LogP contribution in [0, 0.1) is 17.0 Å². The largest absolute Gasteiger partial charge is 0.480 e. The van der Waals surface area contributed by atoms with Gasteiger partial charge in [-0.2, -0.15) is 8.78 Å². The molecule has 1 amide bonds. The standard InChI is InChI=1S/C17H14F4N2O4/c1-10-3-2-4-12(7-10)22-15(24)11-5-6-14(13(8-11)23(25)26)27-9-17(20,21)16(18)19/h2-8,16H,9H2,1H3,(H,22,24). The van der Waals surface area contributed by atoms with Crippen molar-refractivity contribution < 1.29 is 32.0 Å². The molecule has 0 aromatic heterocycles. The molecule has 0 aliphatic heterocycles. The van der Waals surface area contributed by atoms with E-state index < -0.39 is 41.2 Å². The van der Waals surface area contributed by atoms with Crippen LogP contribution in [0.1, 0.15) is 15.9 Å². The molecule has 0 atom stereocenters. The maximum absolute atomic E-state index is 12.9. The van der Waals surface area contributed by atoms with Crippen molar-refractivity contribution in [3.05, 3.63) is 63.7 Å². The van der Waals surface area contributed by atoms with Gasteiger partial charge in [-0.15, -0.1) is 0 Å². The van der Waals surface area contributed by atoms with Crippen molar-refractivity contribution in [3.8, 4) is 5.75 Å². The van der Waals surface area contributed by atoms with E-state index in [1.807, 2.05) is 13.0 Å². The molecule has 0 radical (unpaired) electrons. The summed E-state index contributed by atoms with van der Waals surface area (Å²) in [6.07, 6.45) is -3.98. The number of anilines is 1. The van der Waals surface area contributed by atoms with Gasteiger partial charge in [-0.05, 0) is 36.8 Å². The summed E-state index contributed by atoms with van der Waals surface area (Å²) in [5, 5.41) is 13.7. The number of hydrogen-bond acceptors (Lipinski definition) is 4. The van der Waals surface area contributed by atoms with E-state index in [0.29, 0.717) is 5.69 Å². The molecule has 2 aromatic rings. The molecule has 10 heteroatoms.